The summed E-state index contributed by atoms with van der Waals surface area (Å²) in [5.41, 5.74) is 3.04. The maximum atomic E-state index is 4.18. The number of benzene rings is 1. The third-order valence-corrected chi connectivity index (χ3v) is 1.82. The van der Waals surface area contributed by atoms with Crippen LogP contribution in [-0.4, -0.2) is 9.97 Å². The van der Waals surface area contributed by atoms with Crippen molar-refractivity contribution in [1.82, 2.24) is 9.97 Å². The Hall–Kier alpha value is -1.70. The topological polar surface area (TPSA) is 25.8 Å². The maximum Gasteiger partial charge on any atom is 0.116 e. The van der Waals surface area contributed by atoms with E-state index in [2.05, 4.69) is 16.0 Å². The van der Waals surface area contributed by atoms with Gasteiger partial charge in [-0.25, -0.2) is 9.97 Å². The summed E-state index contributed by atoms with van der Waals surface area (Å²) in [5, 5.41) is 0. The van der Waals surface area contributed by atoms with E-state index in [9.17, 15) is 0 Å². The molecule has 0 saturated carbocycles. The van der Waals surface area contributed by atoms with E-state index in [1.54, 1.807) is 6.33 Å². The standard InChI is InChI=1S/C11H9N2/c1-9-7-11(13-8-12-9)10-5-3-2-4-6-10/h3-8H,1H3. The molecule has 1 aromatic heterocycles. The first-order chi connectivity index (χ1) is 6.36. The molecule has 1 heterocycles. The average Bonchev–Trinajstić information content (AvgIpc) is 2.19. The van der Waals surface area contributed by atoms with Crippen molar-refractivity contribution < 1.29 is 0 Å². The Kier molecular flexibility index (Phi) is 2.04. The van der Waals surface area contributed by atoms with Crippen molar-refractivity contribution >= 4 is 0 Å². The van der Waals surface area contributed by atoms with Gasteiger partial charge < -0.3 is 0 Å². The van der Waals surface area contributed by atoms with Crippen LogP contribution in [0.1, 0.15) is 5.69 Å². The number of rotatable bonds is 1. The SMILES string of the molecule is Cc1cc(-c2cc[c]cc2)ncn1. The highest BCUT2D eigenvalue weighted by atomic mass is 14.8. The minimum absolute atomic E-state index is 0.960. The van der Waals surface area contributed by atoms with Gasteiger partial charge in [-0.2, -0.15) is 0 Å². The molecule has 0 aliphatic carbocycles. The summed E-state index contributed by atoms with van der Waals surface area (Å²) in [6.45, 7) is 1.96. The van der Waals surface area contributed by atoms with Gasteiger partial charge in [0.1, 0.15) is 6.33 Å². The van der Waals surface area contributed by atoms with Crippen LogP contribution in [0.4, 0.5) is 0 Å². The predicted molar refractivity (Wildman–Crippen MR) is 51.0 cm³/mol. The maximum absolute atomic E-state index is 4.18. The van der Waals surface area contributed by atoms with Gasteiger partial charge in [-0.1, -0.05) is 24.3 Å². The number of hydrogen-bond acceptors (Lipinski definition) is 2. The molecule has 0 fully saturated rings. The molecule has 0 amide bonds. The van der Waals surface area contributed by atoms with Gasteiger partial charge in [0, 0.05) is 11.3 Å². The molecule has 0 aliphatic rings. The van der Waals surface area contributed by atoms with Gasteiger partial charge in [-0.15, -0.1) is 0 Å². The van der Waals surface area contributed by atoms with Gasteiger partial charge in [-0.3, -0.25) is 0 Å². The molecule has 0 aliphatic heterocycles. The summed E-state index contributed by atoms with van der Waals surface area (Å²) in [6.07, 6.45) is 1.58. The normalized spacial score (nSPS) is 9.92. The summed E-state index contributed by atoms with van der Waals surface area (Å²) >= 11 is 0. The van der Waals surface area contributed by atoms with Gasteiger partial charge in [0.15, 0.2) is 0 Å². The fraction of sp³-hybridized carbons (Fsp3) is 0.0909. The molecular formula is C11H9N2. The average molecular weight is 169 g/mol. The summed E-state index contributed by atoms with van der Waals surface area (Å²) < 4.78 is 0. The van der Waals surface area contributed by atoms with Crippen LogP contribution in [0.2, 0.25) is 0 Å². The first-order valence-electron chi connectivity index (χ1n) is 4.11. The van der Waals surface area contributed by atoms with Crippen LogP contribution in [0, 0.1) is 13.0 Å². The first-order valence-corrected chi connectivity index (χ1v) is 4.11. The summed E-state index contributed by atoms with van der Waals surface area (Å²) in [5.74, 6) is 0. The minimum atomic E-state index is 0.960. The van der Waals surface area contributed by atoms with Crippen molar-refractivity contribution in [2.45, 2.75) is 6.92 Å². The molecular weight excluding hydrogens is 160 g/mol. The highest BCUT2D eigenvalue weighted by molar-refractivity contribution is 5.58. The Balaban J connectivity index is 2.48. The predicted octanol–water partition coefficient (Wildman–Crippen LogP) is 2.25. The van der Waals surface area contributed by atoms with Crippen molar-refractivity contribution in [2.75, 3.05) is 0 Å². The van der Waals surface area contributed by atoms with Crippen molar-refractivity contribution in [3.05, 3.63) is 48.4 Å². The molecule has 13 heavy (non-hydrogen) atoms. The third kappa shape index (κ3) is 1.72. The van der Waals surface area contributed by atoms with Gasteiger partial charge in [-0.05, 0) is 19.1 Å². The lowest BCUT2D eigenvalue weighted by atomic mass is 10.1. The molecule has 2 nitrogen and oxygen atoms in total. The minimum Gasteiger partial charge on any atom is -0.242 e. The molecule has 1 radical (unpaired) electrons. The lowest BCUT2D eigenvalue weighted by molar-refractivity contribution is 1.11. The molecule has 0 atom stereocenters. The summed E-state index contributed by atoms with van der Waals surface area (Å²) in [7, 11) is 0. The molecule has 2 heteroatoms. The number of hydrogen-bond donors (Lipinski definition) is 0. The van der Waals surface area contributed by atoms with E-state index in [0.29, 0.717) is 0 Å². The lowest BCUT2D eigenvalue weighted by Gasteiger charge is -1.99. The molecule has 63 valence electrons. The summed E-state index contributed by atoms with van der Waals surface area (Å²) in [4.78, 5) is 8.23. The number of aromatic nitrogens is 2. The van der Waals surface area contributed by atoms with Crippen molar-refractivity contribution in [3.63, 3.8) is 0 Å². The third-order valence-electron chi connectivity index (χ3n) is 1.82. The van der Waals surface area contributed by atoms with Crippen LogP contribution in [0.15, 0.2) is 36.7 Å². The van der Waals surface area contributed by atoms with E-state index in [1.165, 1.54) is 0 Å². The molecule has 0 N–H and O–H groups in total. The molecule has 0 spiro atoms. The smallest absolute Gasteiger partial charge is 0.116 e. The van der Waals surface area contributed by atoms with Crippen molar-refractivity contribution in [1.29, 1.82) is 0 Å². The summed E-state index contributed by atoms with van der Waals surface area (Å²) in [6, 6.07) is 12.7. The number of nitrogens with zero attached hydrogens (tertiary/aromatic N) is 2. The Bertz CT molecular complexity index is 396. The van der Waals surface area contributed by atoms with Gasteiger partial charge in [0.25, 0.3) is 0 Å². The quantitative estimate of drug-likeness (QED) is 0.654. The van der Waals surface area contributed by atoms with E-state index < -0.39 is 0 Å². The Morgan fingerprint density at radius 2 is 1.92 bits per heavy atom. The van der Waals surface area contributed by atoms with Crippen molar-refractivity contribution in [3.8, 4) is 11.3 Å². The largest absolute Gasteiger partial charge is 0.242 e. The monoisotopic (exact) mass is 169 g/mol. The van der Waals surface area contributed by atoms with E-state index in [1.807, 2.05) is 37.3 Å². The fourth-order valence-electron chi connectivity index (χ4n) is 1.17. The molecule has 0 unspecified atom stereocenters. The molecule has 0 saturated heterocycles. The zero-order chi connectivity index (χ0) is 9.10. The Morgan fingerprint density at radius 3 is 2.62 bits per heavy atom. The van der Waals surface area contributed by atoms with Gasteiger partial charge >= 0.3 is 0 Å². The van der Waals surface area contributed by atoms with E-state index in [-0.39, 0.29) is 0 Å². The Labute approximate surface area is 77.3 Å². The van der Waals surface area contributed by atoms with Crippen LogP contribution < -0.4 is 0 Å². The highest BCUT2D eigenvalue weighted by Gasteiger charge is 1.97. The van der Waals surface area contributed by atoms with Crippen molar-refractivity contribution in [2.24, 2.45) is 0 Å². The van der Waals surface area contributed by atoms with Crippen LogP contribution in [0.3, 0.4) is 0 Å². The zero-order valence-electron chi connectivity index (χ0n) is 7.36. The van der Waals surface area contributed by atoms with E-state index in [4.69, 9.17) is 0 Å². The second kappa shape index (κ2) is 3.35. The number of aryl methyl sites for hydroxylation is 1. The van der Waals surface area contributed by atoms with Gasteiger partial charge in [0.05, 0.1) is 5.69 Å². The van der Waals surface area contributed by atoms with Crippen LogP contribution in [0.5, 0.6) is 0 Å². The second-order valence-electron chi connectivity index (χ2n) is 2.83. The Morgan fingerprint density at radius 1 is 1.15 bits per heavy atom. The first kappa shape index (κ1) is 7.92. The van der Waals surface area contributed by atoms with E-state index in [0.717, 1.165) is 17.0 Å². The van der Waals surface area contributed by atoms with Crippen LogP contribution >= 0.6 is 0 Å². The fourth-order valence-corrected chi connectivity index (χ4v) is 1.17. The molecule has 2 aromatic rings. The molecule has 1 aromatic carbocycles. The lowest BCUT2D eigenvalue weighted by Crippen LogP contribution is -1.86. The zero-order valence-corrected chi connectivity index (χ0v) is 7.36. The van der Waals surface area contributed by atoms with Gasteiger partial charge in [0.2, 0.25) is 0 Å². The molecule has 2 rings (SSSR count). The van der Waals surface area contributed by atoms with Crippen LogP contribution in [0.25, 0.3) is 11.3 Å². The second-order valence-corrected chi connectivity index (χ2v) is 2.83. The van der Waals surface area contributed by atoms with Crippen LogP contribution in [-0.2, 0) is 0 Å². The van der Waals surface area contributed by atoms with E-state index >= 15 is 0 Å². The molecule has 0 bridgehead atoms. The highest BCUT2D eigenvalue weighted by Crippen LogP contribution is 2.15.